The van der Waals surface area contributed by atoms with Gasteiger partial charge in [-0.25, -0.2) is 0 Å². The van der Waals surface area contributed by atoms with E-state index in [1.165, 1.54) is 0 Å². The van der Waals surface area contributed by atoms with E-state index in [1.54, 1.807) is 42.5 Å². The van der Waals surface area contributed by atoms with Gasteiger partial charge in [0, 0.05) is 16.8 Å². The number of terminal acetylenes is 1. The Labute approximate surface area is 127 Å². The van der Waals surface area contributed by atoms with Crippen molar-refractivity contribution in [2.24, 2.45) is 0 Å². The molecule has 1 aliphatic rings. The molecule has 22 heavy (non-hydrogen) atoms. The highest BCUT2D eigenvalue weighted by molar-refractivity contribution is 6.06. The van der Waals surface area contributed by atoms with E-state index >= 15 is 0 Å². The van der Waals surface area contributed by atoms with Gasteiger partial charge in [-0.15, -0.1) is 6.42 Å². The predicted octanol–water partition coefficient (Wildman–Crippen LogP) is 2.25. The maximum atomic E-state index is 12.3. The number of carbonyl (C=O) groups is 2. The van der Waals surface area contributed by atoms with E-state index in [0.29, 0.717) is 28.3 Å². The summed E-state index contributed by atoms with van der Waals surface area (Å²) >= 11 is 0. The first-order chi connectivity index (χ1) is 10.7. The molecule has 2 aromatic rings. The summed E-state index contributed by atoms with van der Waals surface area (Å²) in [6.45, 7) is -0.0164. The molecule has 108 valence electrons. The van der Waals surface area contributed by atoms with Crippen LogP contribution in [0.4, 0.5) is 11.4 Å². The molecule has 0 fully saturated rings. The zero-order valence-electron chi connectivity index (χ0n) is 11.6. The average molecular weight is 292 g/mol. The summed E-state index contributed by atoms with van der Waals surface area (Å²) in [7, 11) is 0. The number of hydrogen-bond donors (Lipinski definition) is 2. The second-order valence-corrected chi connectivity index (χ2v) is 4.73. The summed E-state index contributed by atoms with van der Waals surface area (Å²) in [5, 5.41) is 5.43. The van der Waals surface area contributed by atoms with E-state index in [4.69, 9.17) is 11.2 Å². The van der Waals surface area contributed by atoms with Crippen molar-refractivity contribution in [2.75, 3.05) is 17.2 Å². The van der Waals surface area contributed by atoms with Gasteiger partial charge < -0.3 is 15.4 Å². The molecule has 0 spiro atoms. The summed E-state index contributed by atoms with van der Waals surface area (Å²) in [6.07, 6.45) is 5.33. The predicted molar refractivity (Wildman–Crippen MR) is 82.9 cm³/mol. The summed E-state index contributed by atoms with van der Waals surface area (Å²) in [6, 6.07) is 11.9. The SMILES string of the molecule is C#Cc1cccc(NC(=O)c2ccc3c(c2)NC(=O)CO3)c1. The van der Waals surface area contributed by atoms with Gasteiger partial charge in [0.2, 0.25) is 0 Å². The lowest BCUT2D eigenvalue weighted by atomic mass is 10.1. The van der Waals surface area contributed by atoms with Crippen LogP contribution in [0, 0.1) is 12.3 Å². The van der Waals surface area contributed by atoms with Gasteiger partial charge in [0.15, 0.2) is 6.61 Å². The molecule has 5 nitrogen and oxygen atoms in total. The molecular weight excluding hydrogens is 280 g/mol. The highest BCUT2D eigenvalue weighted by atomic mass is 16.5. The fraction of sp³-hybridized carbons (Fsp3) is 0.0588. The molecule has 2 aromatic carbocycles. The third kappa shape index (κ3) is 2.76. The number of nitrogens with one attached hydrogen (secondary N) is 2. The van der Waals surface area contributed by atoms with Crippen LogP contribution in [0.2, 0.25) is 0 Å². The van der Waals surface area contributed by atoms with Crippen molar-refractivity contribution in [3.05, 3.63) is 53.6 Å². The Morgan fingerprint density at radius 2 is 2.14 bits per heavy atom. The fourth-order valence-electron chi connectivity index (χ4n) is 2.11. The monoisotopic (exact) mass is 292 g/mol. The molecule has 0 aliphatic carbocycles. The lowest BCUT2D eigenvalue weighted by Crippen LogP contribution is -2.25. The molecule has 0 saturated carbocycles. The van der Waals surface area contributed by atoms with Crippen molar-refractivity contribution < 1.29 is 14.3 Å². The molecule has 1 aliphatic heterocycles. The van der Waals surface area contributed by atoms with Crippen LogP contribution in [-0.2, 0) is 4.79 Å². The topological polar surface area (TPSA) is 67.4 Å². The molecule has 0 saturated heterocycles. The van der Waals surface area contributed by atoms with Crippen molar-refractivity contribution in [3.8, 4) is 18.1 Å². The van der Waals surface area contributed by atoms with E-state index in [9.17, 15) is 9.59 Å². The number of carbonyl (C=O) groups excluding carboxylic acids is 2. The van der Waals surface area contributed by atoms with E-state index in [0.717, 1.165) is 0 Å². The van der Waals surface area contributed by atoms with Gasteiger partial charge in [0.05, 0.1) is 5.69 Å². The smallest absolute Gasteiger partial charge is 0.262 e. The molecule has 2 amide bonds. The van der Waals surface area contributed by atoms with Crippen LogP contribution >= 0.6 is 0 Å². The van der Waals surface area contributed by atoms with E-state index in [2.05, 4.69) is 16.6 Å². The summed E-state index contributed by atoms with van der Waals surface area (Å²) in [5.41, 5.74) is 2.19. The second kappa shape index (κ2) is 5.62. The highest BCUT2D eigenvalue weighted by Crippen LogP contribution is 2.28. The van der Waals surface area contributed by atoms with Gasteiger partial charge in [0.25, 0.3) is 11.8 Å². The van der Waals surface area contributed by atoms with E-state index in [1.807, 2.05) is 0 Å². The Morgan fingerprint density at radius 3 is 2.95 bits per heavy atom. The van der Waals surface area contributed by atoms with Crippen molar-refractivity contribution in [1.82, 2.24) is 0 Å². The van der Waals surface area contributed by atoms with Gasteiger partial charge in [-0.3, -0.25) is 9.59 Å². The van der Waals surface area contributed by atoms with Crippen molar-refractivity contribution in [2.45, 2.75) is 0 Å². The molecule has 0 radical (unpaired) electrons. The van der Waals surface area contributed by atoms with Gasteiger partial charge in [0.1, 0.15) is 5.75 Å². The van der Waals surface area contributed by atoms with Crippen LogP contribution in [0.15, 0.2) is 42.5 Å². The minimum absolute atomic E-state index is 0.0164. The molecule has 0 unspecified atom stereocenters. The maximum Gasteiger partial charge on any atom is 0.262 e. The van der Waals surface area contributed by atoms with Gasteiger partial charge >= 0.3 is 0 Å². The van der Waals surface area contributed by atoms with Crippen LogP contribution in [0.25, 0.3) is 0 Å². The molecule has 0 atom stereocenters. The number of anilines is 2. The zero-order chi connectivity index (χ0) is 15.5. The molecule has 2 N–H and O–H groups in total. The average Bonchev–Trinajstić information content (AvgIpc) is 2.54. The minimum Gasteiger partial charge on any atom is -0.482 e. The number of ether oxygens (including phenoxy) is 1. The Bertz CT molecular complexity index is 806. The molecule has 5 heteroatoms. The Kier molecular flexibility index (Phi) is 3.50. The molecule has 0 aromatic heterocycles. The van der Waals surface area contributed by atoms with Crippen LogP contribution in [0.1, 0.15) is 15.9 Å². The van der Waals surface area contributed by atoms with Crippen LogP contribution in [0.3, 0.4) is 0 Å². The largest absolute Gasteiger partial charge is 0.482 e. The Hall–Kier alpha value is -3.26. The van der Waals surface area contributed by atoms with Gasteiger partial charge in [-0.1, -0.05) is 12.0 Å². The lowest BCUT2D eigenvalue weighted by Gasteiger charge is -2.18. The number of hydrogen-bond acceptors (Lipinski definition) is 3. The number of amides is 2. The summed E-state index contributed by atoms with van der Waals surface area (Å²) < 4.78 is 5.25. The van der Waals surface area contributed by atoms with Crippen molar-refractivity contribution >= 4 is 23.2 Å². The van der Waals surface area contributed by atoms with Crippen LogP contribution in [-0.4, -0.2) is 18.4 Å². The lowest BCUT2D eigenvalue weighted by molar-refractivity contribution is -0.118. The van der Waals surface area contributed by atoms with Crippen LogP contribution in [0.5, 0.6) is 5.75 Å². The van der Waals surface area contributed by atoms with Crippen LogP contribution < -0.4 is 15.4 Å². The quantitative estimate of drug-likeness (QED) is 0.834. The number of rotatable bonds is 2. The molecule has 3 rings (SSSR count). The molecule has 0 bridgehead atoms. The second-order valence-electron chi connectivity index (χ2n) is 4.73. The Balaban J connectivity index is 1.82. The van der Waals surface area contributed by atoms with Crippen molar-refractivity contribution in [3.63, 3.8) is 0 Å². The van der Waals surface area contributed by atoms with E-state index < -0.39 is 0 Å². The zero-order valence-corrected chi connectivity index (χ0v) is 11.6. The first-order valence-electron chi connectivity index (χ1n) is 6.60. The van der Waals surface area contributed by atoms with Gasteiger partial charge in [-0.05, 0) is 36.4 Å². The van der Waals surface area contributed by atoms with Gasteiger partial charge in [-0.2, -0.15) is 0 Å². The first kappa shape index (κ1) is 13.7. The fourth-order valence-corrected chi connectivity index (χ4v) is 2.11. The normalized spacial score (nSPS) is 12.4. The Morgan fingerprint density at radius 1 is 1.27 bits per heavy atom. The highest BCUT2D eigenvalue weighted by Gasteiger charge is 2.17. The standard InChI is InChI=1S/C17H12N2O3/c1-2-11-4-3-5-13(8-11)18-17(21)12-6-7-15-14(9-12)19-16(20)10-22-15/h1,3-9H,10H2,(H,18,21)(H,19,20). The first-order valence-corrected chi connectivity index (χ1v) is 6.60. The summed E-state index contributed by atoms with van der Waals surface area (Å²) in [5.74, 6) is 2.52. The third-order valence-electron chi connectivity index (χ3n) is 3.16. The van der Waals surface area contributed by atoms with Crippen molar-refractivity contribution in [1.29, 1.82) is 0 Å². The minimum atomic E-state index is -0.295. The van der Waals surface area contributed by atoms with E-state index in [-0.39, 0.29) is 18.4 Å². The molecular formula is C17H12N2O3. The molecule has 1 heterocycles. The summed E-state index contributed by atoms with van der Waals surface area (Å²) in [4.78, 5) is 23.6. The number of benzene rings is 2. The third-order valence-corrected chi connectivity index (χ3v) is 3.16. The maximum absolute atomic E-state index is 12.3. The number of fused-ring (bicyclic) bond motifs is 1.